The molecule has 8 bridgehead atoms. The third-order valence-corrected chi connectivity index (χ3v) is 11.7. The summed E-state index contributed by atoms with van der Waals surface area (Å²) in [6.45, 7) is 2.23. The van der Waals surface area contributed by atoms with Gasteiger partial charge in [-0.3, -0.25) is 27.1 Å². The topological polar surface area (TPSA) is 147 Å². The van der Waals surface area contributed by atoms with E-state index in [0.717, 1.165) is 17.8 Å². The van der Waals surface area contributed by atoms with Gasteiger partial charge in [0.2, 0.25) is 0 Å². The fourth-order valence-corrected chi connectivity index (χ4v) is 11.6. The Labute approximate surface area is 191 Å². The van der Waals surface area contributed by atoms with Gasteiger partial charge in [-0.05, 0) is 67.6 Å². The molecule has 4 saturated carbocycles. The normalized spacial score (nSPS) is 54.5. The molecular weight excluding hydrogens is 478 g/mol. The second-order valence-electron chi connectivity index (χ2n) is 11.3. The van der Waals surface area contributed by atoms with E-state index in [4.69, 9.17) is 42.2 Å². The van der Waals surface area contributed by atoms with Crippen LogP contribution in [0.2, 0.25) is 0 Å². The first-order valence-electron chi connectivity index (χ1n) is 11.6. The third kappa shape index (κ3) is 3.66. The van der Waals surface area contributed by atoms with Gasteiger partial charge in [0.25, 0.3) is 0 Å². The molecule has 186 valence electrons. The van der Waals surface area contributed by atoms with Gasteiger partial charge in [0.15, 0.2) is 0 Å². The van der Waals surface area contributed by atoms with Crippen LogP contribution in [0.3, 0.4) is 0 Å². The number of carbonyl (C=O) groups is 1. The van der Waals surface area contributed by atoms with Crippen molar-refractivity contribution in [3.63, 3.8) is 0 Å². The monoisotopic (exact) mass is 508 g/mol. The van der Waals surface area contributed by atoms with Gasteiger partial charge >= 0.3 is 21.8 Å². The number of rotatable bonds is 3. The summed E-state index contributed by atoms with van der Waals surface area (Å²) in [4.78, 5) is 8.56. The summed E-state index contributed by atoms with van der Waals surface area (Å²) in [6.07, 6.45) is 5.81. The van der Waals surface area contributed by atoms with Crippen LogP contribution in [0.4, 0.5) is 4.79 Å². The number of fused-ring (bicyclic) bond motifs is 6. The van der Waals surface area contributed by atoms with Crippen molar-refractivity contribution >= 4 is 21.8 Å². The Morgan fingerprint density at radius 1 is 0.636 bits per heavy atom. The van der Waals surface area contributed by atoms with Crippen molar-refractivity contribution in [1.82, 2.24) is 0 Å². The standard InChI is InChI=1S/C19H28O8P2.CH2O3/c20-28-22-7-18(8-23-28,9-24-28)16(19-10-25-29(21,26-11-19)27-12-19)17-4-13-1-14(5-17)3-15(2-13)6-17;2-1(3)4/h13-16H,1-12H2;(H2,2,3,4). The summed E-state index contributed by atoms with van der Waals surface area (Å²) >= 11 is 0. The molecule has 6 aliphatic heterocycles. The molecule has 0 radical (unpaired) electrons. The Morgan fingerprint density at radius 3 is 1.18 bits per heavy atom. The predicted octanol–water partition coefficient (Wildman–Crippen LogP) is 4.38. The second-order valence-corrected chi connectivity index (χ2v) is 14.6. The summed E-state index contributed by atoms with van der Waals surface area (Å²) < 4.78 is 58.9. The molecule has 0 unspecified atom stereocenters. The smallest absolute Gasteiger partial charge is 0.450 e. The highest BCUT2D eigenvalue weighted by Gasteiger charge is 2.70. The van der Waals surface area contributed by atoms with Crippen molar-refractivity contribution in [3.8, 4) is 0 Å². The average molecular weight is 508 g/mol. The maximum absolute atomic E-state index is 12.5. The third-order valence-electron chi connectivity index (χ3n) is 8.98. The summed E-state index contributed by atoms with van der Waals surface area (Å²) in [6, 6.07) is 0. The first-order valence-corrected chi connectivity index (χ1v) is 14.5. The van der Waals surface area contributed by atoms with Crippen molar-refractivity contribution < 1.29 is 51.3 Å². The van der Waals surface area contributed by atoms with E-state index in [2.05, 4.69) is 0 Å². The minimum absolute atomic E-state index is 0.123. The van der Waals surface area contributed by atoms with Crippen LogP contribution in [-0.2, 0) is 36.3 Å². The fourth-order valence-electron chi connectivity index (χ4n) is 8.70. The SMILES string of the molecule is O=C(O)O.O=P12OCC(C(C34COP(=O)(OC3)OC4)C34CC5CC(CC(C5)C3)C4)(CO1)CO2. The van der Waals surface area contributed by atoms with E-state index in [1.165, 1.54) is 38.5 Å². The van der Waals surface area contributed by atoms with E-state index in [-0.39, 0.29) is 11.3 Å². The van der Waals surface area contributed by atoms with Crippen LogP contribution in [0.25, 0.3) is 0 Å². The molecule has 13 heteroatoms. The van der Waals surface area contributed by atoms with Gasteiger partial charge in [-0.15, -0.1) is 0 Å². The molecule has 0 aromatic carbocycles. The van der Waals surface area contributed by atoms with E-state index in [9.17, 15) is 9.13 Å². The number of carboxylic acid groups (broad SMARTS) is 2. The lowest BCUT2D eigenvalue weighted by Gasteiger charge is -2.68. The highest BCUT2D eigenvalue weighted by molar-refractivity contribution is 7.48. The van der Waals surface area contributed by atoms with Gasteiger partial charge in [-0.25, -0.2) is 13.9 Å². The van der Waals surface area contributed by atoms with Crippen LogP contribution in [0.5, 0.6) is 0 Å². The maximum atomic E-state index is 12.5. The molecule has 10 rings (SSSR count). The second kappa shape index (κ2) is 7.50. The minimum Gasteiger partial charge on any atom is -0.450 e. The molecule has 2 N–H and O–H groups in total. The Hall–Kier alpha value is -0.510. The van der Waals surface area contributed by atoms with Crippen molar-refractivity contribution in [3.05, 3.63) is 0 Å². The molecule has 0 aromatic heterocycles. The van der Waals surface area contributed by atoms with Crippen molar-refractivity contribution in [2.75, 3.05) is 39.6 Å². The summed E-state index contributed by atoms with van der Waals surface area (Å²) in [5, 5.41) is 13.9. The van der Waals surface area contributed by atoms with Gasteiger partial charge in [-0.2, -0.15) is 0 Å². The first-order chi connectivity index (χ1) is 15.6. The molecular formula is C20H30O11P2. The zero-order chi connectivity index (χ0) is 23.1. The van der Waals surface area contributed by atoms with Crippen LogP contribution in [-0.4, -0.2) is 56.0 Å². The highest BCUT2D eigenvalue weighted by Crippen LogP contribution is 2.74. The molecule has 6 heterocycles. The van der Waals surface area contributed by atoms with Crippen LogP contribution >= 0.6 is 15.6 Å². The van der Waals surface area contributed by atoms with Crippen molar-refractivity contribution in [2.24, 2.45) is 39.9 Å². The van der Waals surface area contributed by atoms with E-state index < -0.39 is 32.6 Å². The average Bonchev–Trinajstić information content (AvgIpc) is 2.75. The molecule has 0 amide bonds. The molecule has 0 aromatic rings. The van der Waals surface area contributed by atoms with Crippen molar-refractivity contribution in [2.45, 2.75) is 38.5 Å². The first kappa shape index (κ1) is 22.9. The maximum Gasteiger partial charge on any atom is 0.503 e. The molecule has 10 aliphatic rings. The molecule has 4 aliphatic carbocycles. The lowest BCUT2D eigenvalue weighted by molar-refractivity contribution is -0.255. The highest BCUT2D eigenvalue weighted by atomic mass is 31.2. The number of phosphoric ester groups is 2. The summed E-state index contributed by atoms with van der Waals surface area (Å²) in [7, 11) is -6.79. The van der Waals surface area contributed by atoms with Gasteiger partial charge in [-0.1, -0.05) is 0 Å². The summed E-state index contributed by atoms with van der Waals surface area (Å²) in [5.74, 6) is 2.45. The van der Waals surface area contributed by atoms with Crippen LogP contribution in [0.15, 0.2) is 0 Å². The largest absolute Gasteiger partial charge is 0.503 e. The van der Waals surface area contributed by atoms with E-state index >= 15 is 0 Å². The molecule has 10 fully saturated rings. The zero-order valence-electron chi connectivity index (χ0n) is 18.3. The van der Waals surface area contributed by atoms with Gasteiger partial charge in [0.1, 0.15) is 0 Å². The molecule has 33 heavy (non-hydrogen) atoms. The Kier molecular flexibility index (Phi) is 5.21. The quantitative estimate of drug-likeness (QED) is 0.523. The van der Waals surface area contributed by atoms with E-state index in [0.29, 0.717) is 39.6 Å². The van der Waals surface area contributed by atoms with Crippen LogP contribution < -0.4 is 0 Å². The lowest BCUT2D eigenvalue weighted by atomic mass is 9.40. The predicted molar refractivity (Wildman–Crippen MR) is 111 cm³/mol. The van der Waals surface area contributed by atoms with Gasteiger partial charge in [0.05, 0.1) is 39.6 Å². The van der Waals surface area contributed by atoms with Gasteiger partial charge < -0.3 is 10.2 Å². The Bertz CT molecular complexity index is 787. The van der Waals surface area contributed by atoms with Crippen LogP contribution in [0, 0.1) is 39.9 Å². The molecule has 11 nitrogen and oxygen atoms in total. The number of hydrogen-bond donors (Lipinski definition) is 2. The number of hydrogen-bond acceptors (Lipinski definition) is 9. The number of phosphoric acid groups is 2. The van der Waals surface area contributed by atoms with Crippen LogP contribution in [0.1, 0.15) is 38.5 Å². The Morgan fingerprint density at radius 2 is 0.909 bits per heavy atom. The zero-order valence-corrected chi connectivity index (χ0v) is 20.0. The molecule has 0 atom stereocenters. The minimum atomic E-state index is -3.39. The van der Waals surface area contributed by atoms with E-state index in [1.54, 1.807) is 0 Å². The molecule has 6 saturated heterocycles. The molecule has 0 spiro atoms. The fraction of sp³-hybridized carbons (Fsp3) is 0.950. The van der Waals surface area contributed by atoms with Gasteiger partial charge in [0, 0.05) is 10.8 Å². The lowest BCUT2D eigenvalue weighted by Crippen LogP contribution is -2.67. The van der Waals surface area contributed by atoms with Crippen molar-refractivity contribution in [1.29, 1.82) is 0 Å². The van der Waals surface area contributed by atoms with E-state index in [1.807, 2.05) is 0 Å². The summed E-state index contributed by atoms with van der Waals surface area (Å²) in [5.41, 5.74) is -0.697. The Balaban J connectivity index is 0.000000481.